The normalized spacial score (nSPS) is 19.1. The summed E-state index contributed by atoms with van der Waals surface area (Å²) in [7, 11) is 5.70. The van der Waals surface area contributed by atoms with Gasteiger partial charge >= 0.3 is 0 Å². The minimum absolute atomic E-state index is 0.213. The van der Waals surface area contributed by atoms with Gasteiger partial charge in [0.1, 0.15) is 5.75 Å². The lowest BCUT2D eigenvalue weighted by Gasteiger charge is -2.35. The Labute approximate surface area is 161 Å². The zero-order chi connectivity index (χ0) is 19.4. The number of likely N-dealkylation sites (tertiary alicyclic amines) is 1. The second kappa shape index (κ2) is 8.63. The fraction of sp³-hybridized carbons (Fsp3) is 0.550. The van der Waals surface area contributed by atoms with E-state index in [2.05, 4.69) is 39.0 Å². The highest BCUT2D eigenvalue weighted by Crippen LogP contribution is 2.38. The number of amides is 1. The summed E-state index contributed by atoms with van der Waals surface area (Å²) < 4.78 is 5.54. The monoisotopic (exact) mass is 373 g/mol. The molecule has 0 aromatic heterocycles. The summed E-state index contributed by atoms with van der Waals surface area (Å²) >= 11 is 0. The molecular weight excluding hydrogens is 342 g/mol. The topological polar surface area (TPSA) is 60.1 Å². The molecule has 0 spiro atoms. The number of ether oxygens (including phenoxy) is 1. The number of rotatable bonds is 6. The van der Waals surface area contributed by atoms with Crippen molar-refractivity contribution < 1.29 is 9.53 Å². The number of nitrogens with zero attached hydrogens (tertiary/aromatic N) is 3. The highest BCUT2D eigenvalue weighted by atomic mass is 16.5. The van der Waals surface area contributed by atoms with Gasteiger partial charge in [0.25, 0.3) is 0 Å². The van der Waals surface area contributed by atoms with Gasteiger partial charge in [-0.3, -0.25) is 9.69 Å². The Morgan fingerprint density at radius 3 is 2.59 bits per heavy atom. The van der Waals surface area contributed by atoms with Crippen molar-refractivity contribution in [1.82, 2.24) is 9.80 Å². The van der Waals surface area contributed by atoms with Crippen LogP contribution in [-0.2, 0) is 4.79 Å². The van der Waals surface area contributed by atoms with Gasteiger partial charge in [0, 0.05) is 32.2 Å². The summed E-state index contributed by atoms with van der Waals surface area (Å²) in [6.07, 6.45) is 3.72. The molecule has 7 nitrogen and oxygen atoms in total. The summed E-state index contributed by atoms with van der Waals surface area (Å²) in [6.45, 7) is 8.73. The van der Waals surface area contributed by atoms with E-state index in [1.54, 1.807) is 7.11 Å². The van der Waals surface area contributed by atoms with Gasteiger partial charge in [0.2, 0.25) is 5.91 Å². The predicted molar refractivity (Wildman–Crippen MR) is 111 cm³/mol. The van der Waals surface area contributed by atoms with E-state index < -0.39 is 0 Å². The fourth-order valence-corrected chi connectivity index (χ4v) is 3.94. The van der Waals surface area contributed by atoms with Crippen LogP contribution in [0.25, 0.3) is 0 Å². The molecular formula is C20H31N5O2. The SMILES string of the molecule is C=CC(=O)Nc1cc(NC)c(OC)cc1N1CCN(C2CCN(C)CC2)C1. The number of hydrogen-bond donors (Lipinski definition) is 2. The average molecular weight is 374 g/mol. The second-order valence-electron chi connectivity index (χ2n) is 7.26. The summed E-state index contributed by atoms with van der Waals surface area (Å²) in [6, 6.07) is 4.56. The summed E-state index contributed by atoms with van der Waals surface area (Å²) in [5.74, 6) is 0.552. The van der Waals surface area contributed by atoms with E-state index in [0.29, 0.717) is 6.04 Å². The van der Waals surface area contributed by atoms with E-state index in [1.165, 1.54) is 18.9 Å². The van der Waals surface area contributed by atoms with Crippen molar-refractivity contribution in [3.05, 3.63) is 24.8 Å². The minimum atomic E-state index is -0.213. The smallest absolute Gasteiger partial charge is 0.247 e. The first-order valence-corrected chi connectivity index (χ1v) is 9.56. The minimum Gasteiger partial charge on any atom is -0.495 e. The molecule has 1 amide bonds. The van der Waals surface area contributed by atoms with E-state index >= 15 is 0 Å². The number of anilines is 3. The molecule has 2 saturated heterocycles. The maximum atomic E-state index is 11.9. The number of methoxy groups -OCH3 is 1. The first-order valence-electron chi connectivity index (χ1n) is 9.56. The van der Waals surface area contributed by atoms with E-state index in [9.17, 15) is 4.79 Å². The predicted octanol–water partition coefficient (Wildman–Crippen LogP) is 2.04. The molecule has 2 heterocycles. The van der Waals surface area contributed by atoms with Gasteiger partial charge in [-0.2, -0.15) is 0 Å². The average Bonchev–Trinajstić information content (AvgIpc) is 3.17. The Balaban J connectivity index is 1.81. The van der Waals surface area contributed by atoms with E-state index in [-0.39, 0.29) is 5.91 Å². The van der Waals surface area contributed by atoms with Crippen LogP contribution in [0.5, 0.6) is 5.75 Å². The molecule has 0 radical (unpaired) electrons. The Kier molecular flexibility index (Phi) is 6.23. The summed E-state index contributed by atoms with van der Waals surface area (Å²) in [5, 5.41) is 6.07. The quantitative estimate of drug-likeness (QED) is 0.744. The third-order valence-corrected chi connectivity index (χ3v) is 5.59. The van der Waals surface area contributed by atoms with Crippen molar-refractivity contribution in [2.24, 2.45) is 0 Å². The molecule has 3 rings (SSSR count). The molecule has 148 valence electrons. The van der Waals surface area contributed by atoms with Crippen molar-refractivity contribution in [1.29, 1.82) is 0 Å². The lowest BCUT2D eigenvalue weighted by Crippen LogP contribution is -2.43. The molecule has 0 saturated carbocycles. The molecule has 0 atom stereocenters. The third-order valence-electron chi connectivity index (χ3n) is 5.59. The first kappa shape index (κ1) is 19.5. The second-order valence-corrected chi connectivity index (χ2v) is 7.26. The number of carbonyl (C=O) groups is 1. The van der Waals surface area contributed by atoms with Crippen molar-refractivity contribution in [3.8, 4) is 5.75 Å². The van der Waals surface area contributed by atoms with Gasteiger partial charge in [0.05, 0.1) is 30.8 Å². The van der Waals surface area contributed by atoms with Crippen molar-refractivity contribution >= 4 is 23.0 Å². The van der Waals surface area contributed by atoms with Gasteiger partial charge in [-0.15, -0.1) is 0 Å². The number of piperidine rings is 1. The standard InChI is InChI=1S/C20H31N5O2/c1-5-20(26)22-16-12-17(21-2)19(27-4)13-18(16)25-11-10-24(14-25)15-6-8-23(3)9-7-15/h5,12-13,15,21H,1,6-11,14H2,2-4H3,(H,22,26). The van der Waals surface area contributed by atoms with Crippen LogP contribution in [0, 0.1) is 0 Å². The van der Waals surface area contributed by atoms with Crippen molar-refractivity contribution in [2.75, 3.05) is 69.6 Å². The zero-order valence-corrected chi connectivity index (χ0v) is 16.6. The van der Waals surface area contributed by atoms with Gasteiger partial charge in [-0.1, -0.05) is 6.58 Å². The van der Waals surface area contributed by atoms with Gasteiger partial charge < -0.3 is 25.2 Å². The number of hydrogen-bond acceptors (Lipinski definition) is 6. The highest BCUT2D eigenvalue weighted by molar-refractivity contribution is 6.02. The van der Waals surface area contributed by atoms with Crippen molar-refractivity contribution in [2.45, 2.75) is 18.9 Å². The Morgan fingerprint density at radius 1 is 1.22 bits per heavy atom. The molecule has 0 bridgehead atoms. The van der Waals surface area contributed by atoms with Crippen molar-refractivity contribution in [3.63, 3.8) is 0 Å². The first-order chi connectivity index (χ1) is 13.0. The molecule has 27 heavy (non-hydrogen) atoms. The molecule has 1 aromatic rings. The van der Waals surface area contributed by atoms with Crippen LogP contribution in [0.1, 0.15) is 12.8 Å². The van der Waals surface area contributed by atoms with E-state index in [1.807, 2.05) is 19.2 Å². The van der Waals surface area contributed by atoms with Crippen LogP contribution in [0.3, 0.4) is 0 Å². The lowest BCUT2D eigenvalue weighted by atomic mass is 10.0. The van der Waals surface area contributed by atoms with Crippen LogP contribution in [0.2, 0.25) is 0 Å². The van der Waals surface area contributed by atoms with Crippen LogP contribution in [0.15, 0.2) is 24.8 Å². The zero-order valence-electron chi connectivity index (χ0n) is 16.6. The molecule has 2 fully saturated rings. The summed E-state index contributed by atoms with van der Waals surface area (Å²) in [5.41, 5.74) is 2.60. The fourth-order valence-electron chi connectivity index (χ4n) is 3.94. The van der Waals surface area contributed by atoms with Crippen LogP contribution >= 0.6 is 0 Å². The van der Waals surface area contributed by atoms with Gasteiger partial charge in [0.15, 0.2) is 0 Å². The Hall–Kier alpha value is -2.25. The van der Waals surface area contributed by atoms with Crippen LogP contribution in [0.4, 0.5) is 17.1 Å². The van der Waals surface area contributed by atoms with E-state index in [4.69, 9.17) is 4.74 Å². The Bertz CT molecular complexity index is 685. The maximum Gasteiger partial charge on any atom is 0.247 e. The molecule has 0 aliphatic carbocycles. The largest absolute Gasteiger partial charge is 0.495 e. The Morgan fingerprint density at radius 2 is 1.96 bits per heavy atom. The number of nitrogens with one attached hydrogen (secondary N) is 2. The molecule has 7 heteroatoms. The molecule has 2 aliphatic heterocycles. The number of benzene rings is 1. The highest BCUT2D eigenvalue weighted by Gasteiger charge is 2.30. The van der Waals surface area contributed by atoms with E-state index in [0.717, 1.165) is 55.7 Å². The molecule has 2 N–H and O–H groups in total. The van der Waals surface area contributed by atoms with Gasteiger partial charge in [-0.05, 0) is 45.1 Å². The number of carbonyl (C=O) groups excluding carboxylic acids is 1. The lowest BCUT2D eigenvalue weighted by molar-refractivity contribution is -0.111. The van der Waals surface area contributed by atoms with Gasteiger partial charge in [-0.25, -0.2) is 0 Å². The van der Waals surface area contributed by atoms with Crippen LogP contribution < -0.4 is 20.3 Å². The van der Waals surface area contributed by atoms with Crippen LogP contribution in [-0.4, -0.2) is 75.8 Å². The molecule has 0 unspecified atom stereocenters. The maximum absolute atomic E-state index is 11.9. The summed E-state index contributed by atoms with van der Waals surface area (Å²) in [4.78, 5) is 19.2. The molecule has 1 aromatic carbocycles. The third kappa shape index (κ3) is 4.36. The molecule has 2 aliphatic rings.